The first kappa shape index (κ1) is 21.4. The molecule has 0 amide bonds. The van der Waals surface area contributed by atoms with Crippen molar-refractivity contribution < 1.29 is 13.2 Å². The second kappa shape index (κ2) is 11.8. The van der Waals surface area contributed by atoms with Crippen molar-refractivity contribution in [2.75, 3.05) is 19.6 Å². The topological polar surface area (TPSA) is 49.6 Å². The van der Waals surface area contributed by atoms with E-state index < -0.39 is 11.6 Å². The third-order valence-corrected chi connectivity index (χ3v) is 3.43. The molecule has 0 radical (unpaired) electrons. The fraction of sp³-hybridized carbons (Fsp3) is 0.389. The van der Waals surface area contributed by atoms with E-state index >= 15 is 0 Å². The van der Waals surface area contributed by atoms with Crippen LogP contribution in [0.1, 0.15) is 24.7 Å². The second-order valence-electron chi connectivity index (χ2n) is 5.40. The average molecular weight is 463 g/mol. The van der Waals surface area contributed by atoms with Crippen molar-refractivity contribution in [3.05, 3.63) is 59.6 Å². The summed E-state index contributed by atoms with van der Waals surface area (Å²) >= 11 is 0. The van der Waals surface area contributed by atoms with Gasteiger partial charge in [-0.05, 0) is 48.7 Å². The summed E-state index contributed by atoms with van der Waals surface area (Å²) in [7, 11) is 0. The van der Waals surface area contributed by atoms with E-state index in [-0.39, 0.29) is 24.0 Å². The zero-order chi connectivity index (χ0) is 17.2. The molecule has 1 heterocycles. The maximum Gasteiger partial charge on any atom is 0.191 e. The van der Waals surface area contributed by atoms with Crippen LogP contribution in [0.15, 0.2) is 46.0 Å². The predicted octanol–water partition coefficient (Wildman–Crippen LogP) is 3.91. The van der Waals surface area contributed by atoms with Crippen LogP contribution >= 0.6 is 24.0 Å². The lowest BCUT2D eigenvalue weighted by Gasteiger charge is -2.12. The minimum Gasteiger partial charge on any atom is -0.469 e. The molecular formula is C18H24F2IN3O. The molecular weight excluding hydrogens is 439 g/mol. The molecule has 0 bridgehead atoms. The predicted molar refractivity (Wildman–Crippen MR) is 106 cm³/mol. The van der Waals surface area contributed by atoms with Crippen molar-refractivity contribution in [3.63, 3.8) is 0 Å². The maximum absolute atomic E-state index is 13.6. The summed E-state index contributed by atoms with van der Waals surface area (Å²) in [5.41, 5.74) is 0.355. The lowest BCUT2D eigenvalue weighted by molar-refractivity contribution is 0.506. The van der Waals surface area contributed by atoms with Crippen LogP contribution in [0, 0.1) is 11.6 Å². The van der Waals surface area contributed by atoms with Gasteiger partial charge in [0.2, 0.25) is 0 Å². The van der Waals surface area contributed by atoms with E-state index in [0.29, 0.717) is 37.6 Å². The number of aliphatic imine (C=N–C) groups is 1. The molecule has 4 nitrogen and oxygen atoms in total. The minimum absolute atomic E-state index is 0. The Labute approximate surface area is 164 Å². The molecule has 1 aromatic carbocycles. The van der Waals surface area contributed by atoms with E-state index in [1.165, 1.54) is 6.07 Å². The highest BCUT2D eigenvalue weighted by molar-refractivity contribution is 14.0. The zero-order valence-corrected chi connectivity index (χ0v) is 16.6. The van der Waals surface area contributed by atoms with Crippen LogP contribution in [0.25, 0.3) is 0 Å². The lowest BCUT2D eigenvalue weighted by atomic mass is 10.1. The molecule has 2 aromatic rings. The van der Waals surface area contributed by atoms with E-state index in [1.807, 2.05) is 19.1 Å². The smallest absolute Gasteiger partial charge is 0.191 e. The van der Waals surface area contributed by atoms with Gasteiger partial charge in [0.15, 0.2) is 5.96 Å². The van der Waals surface area contributed by atoms with Gasteiger partial charge in [-0.15, -0.1) is 24.0 Å². The van der Waals surface area contributed by atoms with Crippen LogP contribution in [0.4, 0.5) is 8.78 Å². The third-order valence-electron chi connectivity index (χ3n) is 3.43. The van der Waals surface area contributed by atoms with Crippen LogP contribution in [0.2, 0.25) is 0 Å². The molecule has 0 aliphatic carbocycles. The van der Waals surface area contributed by atoms with Crippen LogP contribution < -0.4 is 10.6 Å². The lowest BCUT2D eigenvalue weighted by Crippen LogP contribution is -2.39. The van der Waals surface area contributed by atoms with E-state index in [0.717, 1.165) is 30.7 Å². The van der Waals surface area contributed by atoms with E-state index in [9.17, 15) is 8.78 Å². The first-order chi connectivity index (χ1) is 11.7. The molecule has 2 rings (SSSR count). The minimum atomic E-state index is -0.428. The molecule has 0 spiro atoms. The van der Waals surface area contributed by atoms with Gasteiger partial charge in [0.05, 0.1) is 6.26 Å². The molecule has 0 fully saturated rings. The number of hydrogen-bond acceptors (Lipinski definition) is 2. The number of guanidine groups is 1. The number of rotatable bonds is 8. The van der Waals surface area contributed by atoms with Crippen molar-refractivity contribution in [1.82, 2.24) is 10.6 Å². The Bertz CT molecular complexity index is 648. The Morgan fingerprint density at radius 2 is 1.88 bits per heavy atom. The summed E-state index contributed by atoms with van der Waals surface area (Å²) in [5, 5.41) is 6.37. The van der Waals surface area contributed by atoms with Crippen LogP contribution in [-0.4, -0.2) is 25.6 Å². The molecule has 7 heteroatoms. The molecule has 0 saturated carbocycles. The van der Waals surface area contributed by atoms with Gasteiger partial charge in [-0.25, -0.2) is 8.78 Å². The number of furan rings is 1. The monoisotopic (exact) mass is 463 g/mol. The number of halogens is 3. The first-order valence-corrected chi connectivity index (χ1v) is 8.17. The van der Waals surface area contributed by atoms with Gasteiger partial charge >= 0.3 is 0 Å². The van der Waals surface area contributed by atoms with Crippen LogP contribution in [0.5, 0.6) is 0 Å². The summed E-state index contributed by atoms with van der Waals surface area (Å²) in [4.78, 5) is 4.43. The Balaban J connectivity index is 0.00000312. The fourth-order valence-corrected chi connectivity index (χ4v) is 2.21. The van der Waals surface area contributed by atoms with Crippen LogP contribution in [-0.2, 0) is 12.8 Å². The van der Waals surface area contributed by atoms with Gasteiger partial charge in [0.25, 0.3) is 0 Å². The molecule has 0 aliphatic rings. The van der Waals surface area contributed by atoms with Gasteiger partial charge in [0.1, 0.15) is 17.4 Å². The van der Waals surface area contributed by atoms with Gasteiger partial charge < -0.3 is 15.1 Å². The number of nitrogens with one attached hydrogen (secondary N) is 2. The van der Waals surface area contributed by atoms with Gasteiger partial charge in [-0.2, -0.15) is 0 Å². The number of benzene rings is 1. The molecule has 0 aliphatic heterocycles. The van der Waals surface area contributed by atoms with Gasteiger partial charge in [-0.1, -0.05) is 6.92 Å². The van der Waals surface area contributed by atoms with E-state index in [4.69, 9.17) is 4.42 Å². The normalized spacial score (nSPS) is 11.1. The molecule has 138 valence electrons. The molecule has 0 saturated heterocycles. The summed E-state index contributed by atoms with van der Waals surface area (Å²) in [5.74, 6) is 0.748. The standard InChI is InChI=1S/C18H23F2N3O.HI/c1-2-9-21-18(23-11-8-16-4-3-12-24-16)22-10-7-14-13-15(19)5-6-17(14)20;/h3-6,12-13H,2,7-11H2,1H3,(H2,21,22,23);1H. The quantitative estimate of drug-likeness (QED) is 0.355. The van der Waals surface area contributed by atoms with Crippen molar-refractivity contribution in [2.45, 2.75) is 26.2 Å². The Hall–Kier alpha value is -1.64. The van der Waals surface area contributed by atoms with Crippen molar-refractivity contribution >= 4 is 29.9 Å². The number of nitrogens with zero attached hydrogens (tertiary/aromatic N) is 1. The summed E-state index contributed by atoms with van der Waals surface area (Å²) in [6, 6.07) is 7.27. The highest BCUT2D eigenvalue weighted by atomic mass is 127. The van der Waals surface area contributed by atoms with Crippen LogP contribution in [0.3, 0.4) is 0 Å². The van der Waals surface area contributed by atoms with Gasteiger partial charge in [0, 0.05) is 26.1 Å². The highest BCUT2D eigenvalue weighted by Gasteiger charge is 2.05. The molecule has 0 unspecified atom stereocenters. The number of hydrogen-bond donors (Lipinski definition) is 2. The van der Waals surface area contributed by atoms with E-state index in [1.54, 1.807) is 6.26 Å². The maximum atomic E-state index is 13.6. The Morgan fingerprint density at radius 3 is 2.56 bits per heavy atom. The third kappa shape index (κ3) is 7.85. The highest BCUT2D eigenvalue weighted by Crippen LogP contribution is 2.09. The average Bonchev–Trinajstić information content (AvgIpc) is 3.08. The Kier molecular flexibility index (Phi) is 10.1. The second-order valence-corrected chi connectivity index (χ2v) is 5.40. The first-order valence-electron chi connectivity index (χ1n) is 8.17. The molecule has 25 heavy (non-hydrogen) atoms. The van der Waals surface area contributed by atoms with Crippen molar-refractivity contribution in [2.24, 2.45) is 4.99 Å². The summed E-state index contributed by atoms with van der Waals surface area (Å²) in [6.45, 7) is 3.89. The largest absolute Gasteiger partial charge is 0.469 e. The molecule has 0 atom stereocenters. The zero-order valence-electron chi connectivity index (χ0n) is 14.2. The molecule has 1 aromatic heterocycles. The van der Waals surface area contributed by atoms with E-state index in [2.05, 4.69) is 15.6 Å². The van der Waals surface area contributed by atoms with Gasteiger partial charge in [-0.3, -0.25) is 4.99 Å². The Morgan fingerprint density at radius 1 is 1.12 bits per heavy atom. The SMILES string of the molecule is CCCN=C(NCCc1ccco1)NCCc1cc(F)ccc1F.I. The fourth-order valence-electron chi connectivity index (χ4n) is 2.21. The molecule has 2 N–H and O–H groups in total. The van der Waals surface area contributed by atoms with Crippen molar-refractivity contribution in [3.8, 4) is 0 Å². The summed E-state index contributed by atoms with van der Waals surface area (Å²) < 4.78 is 32.1. The summed E-state index contributed by atoms with van der Waals surface area (Å²) in [6.07, 6.45) is 3.71. The van der Waals surface area contributed by atoms with Crippen molar-refractivity contribution in [1.29, 1.82) is 0 Å².